The van der Waals surface area contributed by atoms with E-state index in [1.165, 1.54) is 11.3 Å². The van der Waals surface area contributed by atoms with Gasteiger partial charge in [-0.3, -0.25) is 0 Å². The quantitative estimate of drug-likeness (QED) is 0.756. The van der Waals surface area contributed by atoms with Crippen molar-refractivity contribution in [2.75, 3.05) is 0 Å². The van der Waals surface area contributed by atoms with Crippen molar-refractivity contribution in [2.24, 2.45) is 0 Å². The van der Waals surface area contributed by atoms with Gasteiger partial charge in [-0.2, -0.15) is 0 Å². The predicted octanol–water partition coefficient (Wildman–Crippen LogP) is 2.30. The van der Waals surface area contributed by atoms with E-state index in [9.17, 15) is 4.79 Å². The van der Waals surface area contributed by atoms with E-state index in [-0.39, 0.29) is 0 Å². The molecule has 2 aromatic rings. The molecule has 0 amide bonds. The fraction of sp³-hybridized carbons (Fsp3) is 0.111. The molecule has 13 heavy (non-hydrogen) atoms. The molecule has 2 rings (SSSR count). The average Bonchev–Trinajstić information content (AvgIpc) is 2.51. The zero-order chi connectivity index (χ0) is 9.42. The molecule has 0 unspecified atom stereocenters. The molecule has 1 aromatic heterocycles. The number of carboxylic acid groups (broad SMARTS) is 1. The second-order valence-electron chi connectivity index (χ2n) is 2.80. The molecule has 0 spiro atoms. The summed E-state index contributed by atoms with van der Waals surface area (Å²) in [6, 6.07) is 3.27. The van der Waals surface area contributed by atoms with Crippen molar-refractivity contribution in [3.8, 4) is 0 Å². The van der Waals surface area contributed by atoms with Crippen LogP contribution in [0, 0.1) is 6.92 Å². The summed E-state index contributed by atoms with van der Waals surface area (Å²) in [6.45, 7) is 1.90. The Balaban J connectivity index is 2.77. The number of thiazole rings is 1. The fourth-order valence-corrected chi connectivity index (χ4v) is 2.01. The van der Waals surface area contributed by atoms with Crippen LogP contribution in [0.1, 0.15) is 15.9 Å². The molecule has 4 heteroatoms. The highest BCUT2D eigenvalue weighted by Crippen LogP contribution is 2.23. The van der Waals surface area contributed by atoms with Gasteiger partial charge in [-0.15, -0.1) is 11.3 Å². The Morgan fingerprint density at radius 1 is 1.54 bits per heavy atom. The third-order valence-corrected chi connectivity index (χ3v) is 2.84. The van der Waals surface area contributed by atoms with Crippen molar-refractivity contribution < 1.29 is 9.90 Å². The largest absolute Gasteiger partial charge is 0.478 e. The fourth-order valence-electron chi connectivity index (χ4n) is 1.26. The van der Waals surface area contributed by atoms with Gasteiger partial charge in [0.15, 0.2) is 0 Å². The molecule has 1 aromatic carbocycles. The maximum absolute atomic E-state index is 10.7. The Kier molecular flexibility index (Phi) is 1.77. The summed E-state index contributed by atoms with van der Waals surface area (Å²) in [5.74, 6) is -0.905. The zero-order valence-corrected chi connectivity index (χ0v) is 7.76. The number of carboxylic acids is 1. The Hall–Kier alpha value is -1.42. The first-order valence-electron chi connectivity index (χ1n) is 3.75. The molecule has 66 valence electrons. The molecule has 0 fully saturated rings. The van der Waals surface area contributed by atoms with E-state index < -0.39 is 5.97 Å². The standard InChI is InChI=1S/C9H7NO2S/c1-5-2-6(9(11)12)3-7-8(5)13-4-10-7/h2-4H,1H3,(H,11,12). The van der Waals surface area contributed by atoms with Crippen molar-refractivity contribution in [3.63, 3.8) is 0 Å². The Labute approximate surface area is 78.7 Å². The van der Waals surface area contributed by atoms with Gasteiger partial charge >= 0.3 is 5.97 Å². The summed E-state index contributed by atoms with van der Waals surface area (Å²) < 4.78 is 1.06. The molecule has 1 N–H and O–H groups in total. The lowest BCUT2D eigenvalue weighted by molar-refractivity contribution is 0.0697. The van der Waals surface area contributed by atoms with Crippen LogP contribution in [-0.4, -0.2) is 16.1 Å². The Morgan fingerprint density at radius 2 is 2.31 bits per heavy atom. The Bertz CT molecular complexity index is 475. The molecule has 0 saturated carbocycles. The van der Waals surface area contributed by atoms with Crippen molar-refractivity contribution in [3.05, 3.63) is 28.8 Å². The van der Waals surface area contributed by atoms with E-state index in [1.54, 1.807) is 17.6 Å². The van der Waals surface area contributed by atoms with Gasteiger partial charge in [-0.25, -0.2) is 9.78 Å². The number of hydrogen-bond acceptors (Lipinski definition) is 3. The number of aromatic nitrogens is 1. The average molecular weight is 193 g/mol. The molecule has 0 saturated heterocycles. The van der Waals surface area contributed by atoms with Crippen LogP contribution in [0.25, 0.3) is 10.2 Å². The molecule has 0 aliphatic carbocycles. The van der Waals surface area contributed by atoms with E-state index in [4.69, 9.17) is 5.11 Å². The molecular weight excluding hydrogens is 186 g/mol. The van der Waals surface area contributed by atoms with Gasteiger partial charge in [0.25, 0.3) is 0 Å². The molecule has 1 heterocycles. The number of benzene rings is 1. The zero-order valence-electron chi connectivity index (χ0n) is 6.94. The molecular formula is C9H7NO2S. The minimum absolute atomic E-state index is 0.302. The SMILES string of the molecule is Cc1cc(C(=O)O)cc2ncsc12. The first kappa shape index (κ1) is 8.19. The highest BCUT2D eigenvalue weighted by molar-refractivity contribution is 7.16. The van der Waals surface area contributed by atoms with Crippen LogP contribution in [0.5, 0.6) is 0 Å². The highest BCUT2D eigenvalue weighted by atomic mass is 32.1. The lowest BCUT2D eigenvalue weighted by Crippen LogP contribution is -1.96. The molecule has 0 radical (unpaired) electrons. The number of fused-ring (bicyclic) bond motifs is 1. The number of hydrogen-bond donors (Lipinski definition) is 1. The van der Waals surface area contributed by atoms with Crippen LogP contribution in [0.4, 0.5) is 0 Å². The molecule has 0 aliphatic rings. The second-order valence-corrected chi connectivity index (χ2v) is 3.65. The number of rotatable bonds is 1. The predicted molar refractivity (Wildman–Crippen MR) is 51.3 cm³/mol. The number of nitrogens with zero attached hydrogens (tertiary/aromatic N) is 1. The highest BCUT2D eigenvalue weighted by Gasteiger charge is 2.07. The van der Waals surface area contributed by atoms with Crippen LogP contribution in [0.2, 0.25) is 0 Å². The number of aryl methyl sites for hydroxylation is 1. The van der Waals surface area contributed by atoms with Crippen molar-refractivity contribution in [1.29, 1.82) is 0 Å². The number of aromatic carboxylic acids is 1. The van der Waals surface area contributed by atoms with Crippen LogP contribution < -0.4 is 0 Å². The van der Waals surface area contributed by atoms with Crippen LogP contribution >= 0.6 is 11.3 Å². The molecule has 0 aliphatic heterocycles. The van der Waals surface area contributed by atoms with Crippen LogP contribution in [-0.2, 0) is 0 Å². The van der Waals surface area contributed by atoms with E-state index >= 15 is 0 Å². The monoisotopic (exact) mass is 193 g/mol. The summed E-state index contributed by atoms with van der Waals surface area (Å²) in [5, 5.41) is 8.78. The lowest BCUT2D eigenvalue weighted by Gasteiger charge is -1.97. The smallest absolute Gasteiger partial charge is 0.335 e. The summed E-state index contributed by atoms with van der Waals surface area (Å²) in [6.07, 6.45) is 0. The normalized spacial score (nSPS) is 10.5. The van der Waals surface area contributed by atoms with Crippen molar-refractivity contribution in [1.82, 2.24) is 4.98 Å². The van der Waals surface area contributed by atoms with Gasteiger partial charge in [-0.05, 0) is 24.6 Å². The first-order chi connectivity index (χ1) is 6.18. The minimum Gasteiger partial charge on any atom is -0.478 e. The lowest BCUT2D eigenvalue weighted by atomic mass is 10.1. The van der Waals surface area contributed by atoms with Crippen LogP contribution in [0.15, 0.2) is 17.6 Å². The van der Waals surface area contributed by atoms with E-state index in [0.717, 1.165) is 15.8 Å². The van der Waals surface area contributed by atoms with Gasteiger partial charge < -0.3 is 5.11 Å². The van der Waals surface area contributed by atoms with Crippen molar-refractivity contribution >= 4 is 27.5 Å². The second kappa shape index (κ2) is 2.81. The summed E-state index contributed by atoms with van der Waals surface area (Å²) in [7, 11) is 0. The van der Waals surface area contributed by atoms with Crippen LogP contribution in [0.3, 0.4) is 0 Å². The van der Waals surface area contributed by atoms with Gasteiger partial charge in [0.2, 0.25) is 0 Å². The number of carbonyl (C=O) groups is 1. The maximum Gasteiger partial charge on any atom is 0.335 e. The maximum atomic E-state index is 10.7. The third kappa shape index (κ3) is 1.29. The third-order valence-electron chi connectivity index (χ3n) is 1.86. The molecule has 3 nitrogen and oxygen atoms in total. The summed E-state index contributed by atoms with van der Waals surface area (Å²) in [5.41, 5.74) is 3.76. The Morgan fingerprint density at radius 3 is 3.00 bits per heavy atom. The van der Waals surface area contributed by atoms with E-state index in [2.05, 4.69) is 4.98 Å². The van der Waals surface area contributed by atoms with E-state index in [0.29, 0.717) is 5.56 Å². The molecule has 0 atom stereocenters. The van der Waals surface area contributed by atoms with E-state index in [1.807, 2.05) is 6.92 Å². The minimum atomic E-state index is -0.905. The van der Waals surface area contributed by atoms with Gasteiger partial charge in [-0.1, -0.05) is 0 Å². The van der Waals surface area contributed by atoms with Gasteiger partial charge in [0, 0.05) is 0 Å². The van der Waals surface area contributed by atoms with Gasteiger partial charge in [0.1, 0.15) is 0 Å². The first-order valence-corrected chi connectivity index (χ1v) is 4.63. The van der Waals surface area contributed by atoms with Crippen molar-refractivity contribution in [2.45, 2.75) is 6.92 Å². The summed E-state index contributed by atoms with van der Waals surface area (Å²) >= 11 is 1.53. The molecule has 0 bridgehead atoms. The topological polar surface area (TPSA) is 50.2 Å². The van der Waals surface area contributed by atoms with Gasteiger partial charge in [0.05, 0.1) is 21.3 Å². The summed E-state index contributed by atoms with van der Waals surface area (Å²) in [4.78, 5) is 14.8.